The van der Waals surface area contributed by atoms with E-state index in [1.807, 2.05) is 55.8 Å². The van der Waals surface area contributed by atoms with Crippen molar-refractivity contribution in [3.63, 3.8) is 0 Å². The van der Waals surface area contributed by atoms with E-state index in [0.29, 0.717) is 23.8 Å². The summed E-state index contributed by atoms with van der Waals surface area (Å²) in [7, 11) is 6.51. The molecule has 0 saturated carbocycles. The number of hydrogen-bond acceptors (Lipinski definition) is 8. The molecule has 0 spiro atoms. The van der Waals surface area contributed by atoms with E-state index in [2.05, 4.69) is 50.1 Å². The van der Waals surface area contributed by atoms with E-state index in [9.17, 15) is 4.39 Å². The van der Waals surface area contributed by atoms with Gasteiger partial charge in [0.05, 0.1) is 34.1 Å². The Bertz CT molecular complexity index is 1850. The van der Waals surface area contributed by atoms with Crippen molar-refractivity contribution in [1.29, 1.82) is 0 Å². The zero-order chi connectivity index (χ0) is 34.3. The topological polar surface area (TPSA) is 69.2 Å². The first-order valence-corrected chi connectivity index (χ1v) is 16.5. The Hall–Kier alpha value is -5.15. The predicted octanol–water partition coefficient (Wildman–Crippen LogP) is 7.96. The van der Waals surface area contributed by atoms with Gasteiger partial charge in [0.25, 0.3) is 0 Å². The van der Waals surface area contributed by atoms with Crippen molar-refractivity contribution in [3.05, 3.63) is 114 Å². The van der Waals surface area contributed by atoms with Crippen LogP contribution in [-0.4, -0.2) is 62.4 Å². The third kappa shape index (κ3) is 7.78. The van der Waals surface area contributed by atoms with E-state index < -0.39 is 0 Å². The number of rotatable bonds is 12. The first kappa shape index (κ1) is 33.7. The lowest BCUT2D eigenvalue weighted by Gasteiger charge is -2.40. The molecule has 5 aromatic rings. The first-order valence-electron chi connectivity index (χ1n) is 16.5. The van der Waals surface area contributed by atoms with Crippen molar-refractivity contribution in [2.75, 3.05) is 46.4 Å². The van der Waals surface area contributed by atoms with Crippen LogP contribution in [0.3, 0.4) is 0 Å². The summed E-state index contributed by atoms with van der Waals surface area (Å²) in [5.74, 6) is 2.33. The summed E-state index contributed by atoms with van der Waals surface area (Å²) in [6, 6.07) is 23.6. The number of benzene rings is 3. The fraction of sp³-hybridized carbons (Fsp3) is 0.300. The molecular weight excluding hydrogens is 619 g/mol. The molecule has 1 aliphatic rings. The minimum absolute atomic E-state index is 0.245. The Morgan fingerprint density at radius 3 is 2.10 bits per heavy atom. The number of methoxy groups -OCH3 is 4. The summed E-state index contributed by atoms with van der Waals surface area (Å²) >= 11 is 0. The highest BCUT2D eigenvalue weighted by molar-refractivity contribution is 5.71. The molecular formula is C40H43FN4O4. The molecule has 49 heavy (non-hydrogen) atoms. The minimum atomic E-state index is -0.245. The summed E-state index contributed by atoms with van der Waals surface area (Å²) in [4.78, 5) is 14.1. The average Bonchev–Trinajstić information content (AvgIpc) is 3.14. The molecule has 254 valence electrons. The fourth-order valence-corrected chi connectivity index (χ4v) is 6.60. The van der Waals surface area contributed by atoms with Gasteiger partial charge >= 0.3 is 0 Å². The van der Waals surface area contributed by atoms with Crippen LogP contribution in [0.1, 0.15) is 29.5 Å². The van der Waals surface area contributed by atoms with Crippen LogP contribution in [0.5, 0.6) is 23.0 Å². The second-order valence-corrected chi connectivity index (χ2v) is 12.3. The van der Waals surface area contributed by atoms with Crippen molar-refractivity contribution in [1.82, 2.24) is 14.9 Å². The Balaban J connectivity index is 1.18. The van der Waals surface area contributed by atoms with Gasteiger partial charge in [0, 0.05) is 67.6 Å². The smallest absolute Gasteiger partial charge is 0.203 e. The number of hydrogen-bond donors (Lipinski definition) is 0. The molecule has 0 unspecified atom stereocenters. The summed E-state index contributed by atoms with van der Waals surface area (Å²) in [6.45, 7) is 5.42. The standard InChI is InChI=1S/C40H43FN4O4/c1-27-6-7-30(20-37(27)46-2)36-19-28(12-15-43-36)25-44-16-13-35(14-17-44)45(34-10-8-33(41)9-11-34)26-29-18-32(24-42-23-29)31-21-38(47-3)40(49-5)39(22-31)48-4/h6-12,15,18-24,35H,13-14,16-17,25-26H2,1-5H3. The third-order valence-corrected chi connectivity index (χ3v) is 9.24. The van der Waals surface area contributed by atoms with Crippen LogP contribution in [-0.2, 0) is 13.1 Å². The quantitative estimate of drug-likeness (QED) is 0.133. The van der Waals surface area contributed by atoms with Gasteiger partial charge in [-0.1, -0.05) is 12.1 Å². The zero-order valence-corrected chi connectivity index (χ0v) is 28.8. The highest BCUT2D eigenvalue weighted by atomic mass is 19.1. The van der Waals surface area contributed by atoms with Crippen molar-refractivity contribution in [3.8, 4) is 45.4 Å². The number of nitrogens with zero attached hydrogens (tertiary/aromatic N) is 4. The normalized spacial score (nSPS) is 13.6. The molecule has 9 heteroatoms. The summed E-state index contributed by atoms with van der Waals surface area (Å²) in [6.07, 6.45) is 7.58. The number of pyridine rings is 2. The molecule has 6 rings (SSSR count). The van der Waals surface area contributed by atoms with Gasteiger partial charge in [-0.2, -0.15) is 0 Å². The van der Waals surface area contributed by atoms with E-state index in [1.165, 1.54) is 17.7 Å². The van der Waals surface area contributed by atoms with Gasteiger partial charge < -0.3 is 23.8 Å². The van der Waals surface area contributed by atoms with E-state index in [1.54, 1.807) is 28.4 Å². The van der Waals surface area contributed by atoms with Gasteiger partial charge in [-0.15, -0.1) is 0 Å². The highest BCUT2D eigenvalue weighted by Gasteiger charge is 2.26. The molecule has 1 saturated heterocycles. The molecule has 0 amide bonds. The number of anilines is 1. The number of aromatic nitrogens is 2. The van der Waals surface area contributed by atoms with E-state index in [4.69, 9.17) is 18.9 Å². The van der Waals surface area contributed by atoms with Gasteiger partial charge in [0.1, 0.15) is 11.6 Å². The van der Waals surface area contributed by atoms with E-state index >= 15 is 0 Å². The molecule has 0 bridgehead atoms. The maximum absolute atomic E-state index is 14.0. The van der Waals surface area contributed by atoms with Crippen molar-refractivity contribution >= 4 is 5.69 Å². The first-order chi connectivity index (χ1) is 23.9. The van der Waals surface area contributed by atoms with Gasteiger partial charge in [0.15, 0.2) is 11.5 Å². The van der Waals surface area contributed by atoms with Crippen LogP contribution in [0.2, 0.25) is 0 Å². The van der Waals surface area contributed by atoms with Gasteiger partial charge in [-0.3, -0.25) is 14.9 Å². The summed E-state index contributed by atoms with van der Waals surface area (Å²) in [5, 5.41) is 0. The number of piperidine rings is 1. The summed E-state index contributed by atoms with van der Waals surface area (Å²) < 4.78 is 36.3. The third-order valence-electron chi connectivity index (χ3n) is 9.24. The number of likely N-dealkylation sites (tertiary alicyclic amines) is 1. The molecule has 8 nitrogen and oxygen atoms in total. The maximum atomic E-state index is 14.0. The van der Waals surface area contributed by atoms with Crippen LogP contribution >= 0.6 is 0 Å². The molecule has 3 heterocycles. The molecule has 3 aromatic carbocycles. The molecule has 1 fully saturated rings. The molecule has 0 aliphatic carbocycles. The van der Waals surface area contributed by atoms with E-state index in [0.717, 1.165) is 77.4 Å². The van der Waals surface area contributed by atoms with Crippen LogP contribution in [0, 0.1) is 12.7 Å². The molecule has 1 aliphatic heterocycles. The molecule has 0 atom stereocenters. The average molecular weight is 663 g/mol. The zero-order valence-electron chi connectivity index (χ0n) is 28.8. The monoisotopic (exact) mass is 662 g/mol. The predicted molar refractivity (Wildman–Crippen MR) is 191 cm³/mol. The number of ether oxygens (including phenoxy) is 4. The van der Waals surface area contributed by atoms with E-state index in [-0.39, 0.29) is 11.9 Å². The van der Waals surface area contributed by atoms with Gasteiger partial charge in [-0.05, 0) is 103 Å². The van der Waals surface area contributed by atoms with Crippen LogP contribution in [0.15, 0.2) is 91.4 Å². The van der Waals surface area contributed by atoms with Gasteiger partial charge in [0.2, 0.25) is 5.75 Å². The van der Waals surface area contributed by atoms with Crippen molar-refractivity contribution < 1.29 is 23.3 Å². The Labute approximate surface area is 288 Å². The van der Waals surface area contributed by atoms with Crippen LogP contribution < -0.4 is 23.8 Å². The number of aryl methyl sites for hydroxylation is 1. The lowest BCUT2D eigenvalue weighted by atomic mass is 9.99. The van der Waals surface area contributed by atoms with Crippen molar-refractivity contribution in [2.24, 2.45) is 0 Å². The molecule has 2 aromatic heterocycles. The Morgan fingerprint density at radius 2 is 1.43 bits per heavy atom. The van der Waals surface area contributed by atoms with Crippen molar-refractivity contribution in [2.45, 2.75) is 38.9 Å². The van der Waals surface area contributed by atoms with Crippen LogP contribution in [0.25, 0.3) is 22.4 Å². The second kappa shape index (κ2) is 15.4. The lowest BCUT2D eigenvalue weighted by Crippen LogP contribution is -2.44. The number of halogens is 1. The SMILES string of the molecule is COc1cc(-c2cc(CN3CCC(N(Cc4cncc(-c5cc(OC)c(OC)c(OC)c5)c4)c4ccc(F)cc4)CC3)ccn2)ccc1C. The molecule has 0 radical (unpaired) electrons. The highest BCUT2D eigenvalue weighted by Crippen LogP contribution is 2.41. The van der Waals surface area contributed by atoms with Gasteiger partial charge in [-0.25, -0.2) is 4.39 Å². The fourth-order valence-electron chi connectivity index (χ4n) is 6.60. The molecule has 0 N–H and O–H groups in total. The van der Waals surface area contributed by atoms with Crippen LogP contribution in [0.4, 0.5) is 10.1 Å². The minimum Gasteiger partial charge on any atom is -0.496 e. The lowest BCUT2D eigenvalue weighted by molar-refractivity contribution is 0.201. The Kier molecular flexibility index (Phi) is 10.6. The summed E-state index contributed by atoms with van der Waals surface area (Å²) in [5.41, 5.74) is 8.20. The maximum Gasteiger partial charge on any atom is 0.203 e. The largest absolute Gasteiger partial charge is 0.496 e. The second-order valence-electron chi connectivity index (χ2n) is 12.3. The Morgan fingerprint density at radius 1 is 0.735 bits per heavy atom.